The Balaban J connectivity index is -0.000000136. The molecule has 872 valence electrons. The predicted molar refractivity (Wildman–Crippen MR) is 558 cm³/mol. The smallest absolute Gasteiger partial charge is 0.415 e. The molecular weight excluding hydrogens is 1950 g/mol. The van der Waals surface area contributed by atoms with Gasteiger partial charge in [0.25, 0.3) is 0 Å². The van der Waals surface area contributed by atoms with Crippen molar-refractivity contribution in [1.82, 2.24) is 128 Å². The molecule has 6 unspecified atom stereocenters. The summed E-state index contributed by atoms with van der Waals surface area (Å²) in [7, 11) is 17.9. The molecule has 0 aromatic rings. The van der Waals surface area contributed by atoms with Crippen LogP contribution in [0.4, 0.5) is 67.1 Å². The van der Waals surface area contributed by atoms with Gasteiger partial charge in [0, 0.05) is 84.6 Å². The summed E-state index contributed by atoms with van der Waals surface area (Å²) >= 11 is 0. The number of hydroxylamine groups is 4. The van der Waals surface area contributed by atoms with E-state index in [9.17, 15) is 95.9 Å². The van der Waals surface area contributed by atoms with Gasteiger partial charge in [-0.15, -0.1) is 0 Å². The van der Waals surface area contributed by atoms with Crippen LogP contribution >= 0.6 is 0 Å². The molecule has 6 atom stereocenters. The first kappa shape index (κ1) is 160. The van der Waals surface area contributed by atoms with Crippen molar-refractivity contribution < 1.29 is 153 Å². The highest BCUT2D eigenvalue weighted by Gasteiger charge is 2.30. The summed E-state index contributed by atoms with van der Waals surface area (Å²) in [6, 6.07) is -4.81. The quantitative estimate of drug-likeness (QED) is 0.0119. The SMILES string of the molecule is CCC(C)(C)C(=O)OCNC(=O)NC.CCC(C)(C)C(=O)ONC(=O)NC.CCC(C)(C)OC(=O)CNC(=O)NC.CCC(C)(C)OC(=O)NC(=O)NC.CCC(C)(C)OCNC(=O)NC.CCC(C)(C)ONC(=O)NC.CCC(C)C(=O)OCNC(=O)NC.CCC(C)C(=O)ONC(=O)NC.CCC(C)OC(=O)CNC(=O)NC.CCC(C)OC(=O)NC(=O)NC.CCC(C)OCNC(=O)NC.CCC(C)ONC(=O)NC. The van der Waals surface area contributed by atoms with Gasteiger partial charge >= 0.3 is 120 Å². The Morgan fingerprint density at radius 2 is 0.568 bits per heavy atom. The number of carbonyl (C=O) groups excluding carboxylic acids is 20. The minimum atomic E-state index is -0.730. The second kappa shape index (κ2) is 98.5. The molecule has 0 aromatic heterocycles. The molecule has 0 aliphatic carbocycles. The summed E-state index contributed by atoms with van der Waals surface area (Å²) in [5, 5.41) is 46.5. The molecule has 0 bridgehead atoms. The highest BCUT2D eigenvalue weighted by atomic mass is 16.7. The zero-order chi connectivity index (χ0) is 118. The molecule has 0 rings (SSSR count). The maximum absolute atomic E-state index is 11.4. The largest absolute Gasteiger partial charge is 0.461 e. The number of hydrogen-bond donors (Lipinski definition) is 24. The number of carbonyl (C=O) groups is 20. The van der Waals surface area contributed by atoms with Gasteiger partial charge in [-0.1, -0.05) is 96.9 Å². The topological polar surface area (TPSA) is 741 Å². The molecule has 56 heteroatoms. The Bertz CT molecular complexity index is 3660. The average molecular weight is 2150 g/mol. The molecule has 0 radical (unpaired) electrons. The van der Waals surface area contributed by atoms with Gasteiger partial charge in [0.05, 0.1) is 52.2 Å². The van der Waals surface area contributed by atoms with Gasteiger partial charge in [0.1, 0.15) is 43.9 Å². The minimum Gasteiger partial charge on any atom is -0.461 e. The van der Waals surface area contributed by atoms with Gasteiger partial charge in [0.15, 0.2) is 13.5 Å². The first-order valence-electron chi connectivity index (χ1n) is 48.4. The van der Waals surface area contributed by atoms with Crippen LogP contribution in [0.1, 0.15) is 285 Å². The fraction of sp³-hybridized carbons (Fsp3) is 0.783. The fourth-order valence-corrected chi connectivity index (χ4v) is 5.75. The van der Waals surface area contributed by atoms with Crippen molar-refractivity contribution in [3.05, 3.63) is 0 Å². The van der Waals surface area contributed by atoms with E-state index in [2.05, 4.69) is 116 Å². The van der Waals surface area contributed by atoms with Gasteiger partial charge in [0.2, 0.25) is 0 Å². The zero-order valence-electron chi connectivity index (χ0n) is 96.3. The lowest BCUT2D eigenvalue weighted by atomic mass is 9.91. The van der Waals surface area contributed by atoms with Crippen LogP contribution in [0.15, 0.2) is 0 Å². The Hall–Kier alpha value is -13.2. The lowest BCUT2D eigenvalue weighted by molar-refractivity contribution is -0.159. The van der Waals surface area contributed by atoms with E-state index < -0.39 is 88.3 Å². The number of rotatable bonds is 38. The van der Waals surface area contributed by atoms with Crippen molar-refractivity contribution in [2.75, 3.05) is 125 Å². The highest BCUT2D eigenvalue weighted by molar-refractivity contribution is 5.91. The van der Waals surface area contributed by atoms with Gasteiger partial charge in [-0.2, -0.15) is 11.0 Å². The second-order valence-corrected chi connectivity index (χ2v) is 34.0. The van der Waals surface area contributed by atoms with Crippen LogP contribution in [0.2, 0.25) is 0 Å². The van der Waals surface area contributed by atoms with Gasteiger partial charge in [-0.3, -0.25) is 28.9 Å². The Morgan fingerprint density at radius 3 is 0.932 bits per heavy atom. The number of amides is 26. The van der Waals surface area contributed by atoms with Crippen LogP contribution in [-0.2, 0) is 86.0 Å². The van der Waals surface area contributed by atoms with Crippen molar-refractivity contribution in [2.45, 2.75) is 332 Å². The van der Waals surface area contributed by atoms with E-state index in [4.69, 9.17) is 47.6 Å². The summed E-state index contributed by atoms with van der Waals surface area (Å²) in [5.74, 6) is -2.64. The van der Waals surface area contributed by atoms with Crippen molar-refractivity contribution in [1.29, 1.82) is 0 Å². The molecule has 148 heavy (non-hydrogen) atoms. The summed E-state index contributed by atoms with van der Waals surface area (Å²) in [5.41, 5.74) is 5.88. The van der Waals surface area contributed by atoms with Crippen LogP contribution in [0.5, 0.6) is 0 Å². The van der Waals surface area contributed by atoms with E-state index in [0.29, 0.717) is 25.7 Å². The predicted octanol–water partition coefficient (Wildman–Crippen LogP) is 8.99. The van der Waals surface area contributed by atoms with E-state index in [1.807, 2.05) is 160 Å². The maximum Gasteiger partial charge on any atom is 0.415 e. The number of imide groups is 2. The molecule has 0 saturated heterocycles. The van der Waals surface area contributed by atoms with Crippen LogP contribution in [0.25, 0.3) is 0 Å². The molecule has 56 nitrogen and oxygen atoms in total. The van der Waals surface area contributed by atoms with E-state index >= 15 is 0 Å². The van der Waals surface area contributed by atoms with Crippen molar-refractivity contribution >= 4 is 120 Å². The van der Waals surface area contributed by atoms with Crippen LogP contribution in [0, 0.1) is 22.7 Å². The molecular formula is C92H192N24O32. The molecule has 0 fully saturated rings. The first-order chi connectivity index (χ1) is 68.5. The van der Waals surface area contributed by atoms with Gasteiger partial charge < -0.3 is 143 Å². The molecule has 0 aliphatic rings. The second-order valence-electron chi connectivity index (χ2n) is 34.0. The number of nitrogens with one attached hydrogen (secondary N) is 24. The Kier molecular flexibility index (Phi) is 107. The third-order valence-corrected chi connectivity index (χ3v) is 19.4. The molecule has 0 saturated carbocycles. The van der Waals surface area contributed by atoms with Crippen LogP contribution < -0.4 is 128 Å². The zero-order valence-corrected chi connectivity index (χ0v) is 96.3. The van der Waals surface area contributed by atoms with Crippen molar-refractivity contribution in [3.8, 4) is 0 Å². The van der Waals surface area contributed by atoms with Gasteiger partial charge in [-0.05, 0) is 188 Å². The van der Waals surface area contributed by atoms with Crippen LogP contribution in [0.3, 0.4) is 0 Å². The summed E-state index contributed by atoms with van der Waals surface area (Å²) in [6.45, 7) is 56.4. The minimum absolute atomic E-state index is 0.0669. The van der Waals surface area contributed by atoms with E-state index in [1.165, 1.54) is 70.5 Å². The molecule has 26 amide bonds. The monoisotopic (exact) mass is 2150 g/mol. The van der Waals surface area contributed by atoms with E-state index in [0.717, 1.165) is 51.4 Å². The fourth-order valence-electron chi connectivity index (χ4n) is 5.75. The Labute approximate surface area is 877 Å². The molecule has 0 aliphatic heterocycles. The number of urea groups is 12. The van der Waals surface area contributed by atoms with Crippen molar-refractivity contribution in [3.63, 3.8) is 0 Å². The van der Waals surface area contributed by atoms with Crippen molar-refractivity contribution in [2.24, 2.45) is 22.7 Å². The maximum atomic E-state index is 11.4. The summed E-state index contributed by atoms with van der Waals surface area (Å²) < 4.78 is 39.9. The lowest BCUT2D eigenvalue weighted by Gasteiger charge is -2.23. The molecule has 0 spiro atoms. The standard InChI is InChI=1S/2C9H18N2O3.4C8H16N2O3.C8H18N2O2.2C7H14N2O3.2C7H16N2O2.C6H14N2O2/c1-5-9(2,3)7(12)14-6-11-8(13)10-4;1-5-9(2,3)14-7(12)6-11-8(13)10-4;1-5-8(2,3)13-7(12)10-6(11)9-4;1-5-8(2,3)6(11)13-10-7(12)9-4;1-4-6(2)7(11)13-5-10-8(12)9-3;1-4-6(2)13-7(11)5-10-8(12)9-3;1-5-8(2,3)12-6-10-7(11)9-4;1-4-5(2)12-7(11)9-6(10)8-3;1-4-5(2)6(10)12-9-7(11)8-3;1-5-7(2,3)11-9-6(10)8-4;1-4-6(2)11-5-9-7(10)8-3;1-4-5(2)10-8-6(9)7-3/h2*5-6H2,1-4H3,(H2,10,11,13);5H2,1-4H3,(H2,9,10,11,12);5H2,1-4H3,(H2,9,10,12);2*6H,4-5H2,1-3H3,(H2,9,10,12);5-6H2,1-4H3,(H2,9,10,11);5H,4H2,1-3H3,(H2,8,9,10,11);5H,4H2,1-3H3,(H2,8,9,11);5H2,1-4H3,(H2,8,9,10);6H,4-5H2,1-3H3,(H2,8,9,10);5H,4H2,1-3H3,(H2,7,8,9). The molecule has 0 aromatic carbocycles. The average Bonchev–Trinajstić information content (AvgIpc) is 0.892. The molecule has 0 heterocycles. The van der Waals surface area contributed by atoms with E-state index in [1.54, 1.807) is 83.3 Å². The highest BCUT2D eigenvalue weighted by Crippen LogP contribution is 2.22. The third kappa shape index (κ3) is 113. The number of alkyl carbamates (subject to hydrolysis) is 2. The van der Waals surface area contributed by atoms with Crippen LogP contribution in [-0.4, -0.2) is 292 Å². The number of hydrogen-bond acceptors (Lipinski definition) is 32. The summed E-state index contributed by atoms with van der Waals surface area (Å²) in [6.07, 6.45) is 7.84. The lowest BCUT2D eigenvalue weighted by Crippen LogP contribution is -2.41. The number of esters is 4. The summed E-state index contributed by atoms with van der Waals surface area (Å²) in [4.78, 5) is 235. The number of ether oxygens (including phenoxy) is 8. The van der Waals surface area contributed by atoms with E-state index in [-0.39, 0.29) is 142 Å². The first-order valence-corrected chi connectivity index (χ1v) is 48.4. The molecule has 24 N–H and O–H groups in total. The van der Waals surface area contributed by atoms with Gasteiger partial charge in [-0.25, -0.2) is 98.3 Å². The third-order valence-electron chi connectivity index (χ3n) is 19.4. The normalized spacial score (nSPS) is 11.2. The Morgan fingerprint density at radius 1 is 0.257 bits per heavy atom.